The van der Waals surface area contributed by atoms with Gasteiger partial charge in [-0.1, -0.05) is 29.5 Å². The van der Waals surface area contributed by atoms with E-state index in [9.17, 15) is 18.3 Å². The molecular formula is C24H16ClF3N4O. The van der Waals surface area contributed by atoms with Crippen LogP contribution in [-0.2, 0) is 12.7 Å². The Morgan fingerprint density at radius 3 is 2.73 bits per heavy atom. The maximum absolute atomic E-state index is 13.3. The van der Waals surface area contributed by atoms with Gasteiger partial charge in [0, 0.05) is 52.6 Å². The highest BCUT2D eigenvalue weighted by molar-refractivity contribution is 6.30. The summed E-state index contributed by atoms with van der Waals surface area (Å²) in [5.74, 6) is 5.42. The summed E-state index contributed by atoms with van der Waals surface area (Å²) in [7, 11) is 0. The molecule has 1 aromatic carbocycles. The number of aliphatic hydroxyl groups is 1. The standard InChI is InChI=1S/C24H16ClF3N4O/c25-16-3-5-19(24(26,27)28)13(7-16)1-2-14-9-30-23-18(14)8-15(10-31-23)20-6-4-17-21(32-20)11-29-12-22(17)33/h3-10,22,29,33H,11-12H2,(H,30,31). The summed E-state index contributed by atoms with van der Waals surface area (Å²) in [5, 5.41) is 14.0. The second-order valence-electron chi connectivity index (χ2n) is 7.64. The predicted molar refractivity (Wildman–Crippen MR) is 118 cm³/mol. The molecule has 0 aliphatic carbocycles. The molecule has 5 rings (SSSR count). The lowest BCUT2D eigenvalue weighted by Crippen LogP contribution is -2.28. The third-order valence-corrected chi connectivity index (χ3v) is 5.68. The van der Waals surface area contributed by atoms with E-state index in [4.69, 9.17) is 11.6 Å². The molecule has 1 atom stereocenters. The number of alkyl halides is 3. The highest BCUT2D eigenvalue weighted by atomic mass is 35.5. The van der Waals surface area contributed by atoms with Crippen molar-refractivity contribution in [3.05, 3.63) is 81.8 Å². The number of fused-ring (bicyclic) bond motifs is 2. The SMILES string of the molecule is OC1CNCc2nc(-c3cnc4[nH]cc(C#Cc5cc(Cl)ccc5C(F)(F)F)c4c3)ccc21. The average molecular weight is 469 g/mol. The molecule has 0 fully saturated rings. The van der Waals surface area contributed by atoms with Crippen LogP contribution in [0, 0.1) is 11.8 Å². The molecule has 9 heteroatoms. The van der Waals surface area contributed by atoms with E-state index in [0.29, 0.717) is 35.4 Å². The third kappa shape index (κ3) is 4.18. The van der Waals surface area contributed by atoms with E-state index in [1.54, 1.807) is 12.4 Å². The Morgan fingerprint density at radius 1 is 1.09 bits per heavy atom. The van der Waals surface area contributed by atoms with E-state index in [1.807, 2.05) is 18.2 Å². The molecule has 4 heterocycles. The number of nitrogens with zero attached hydrogens (tertiary/aromatic N) is 2. The fourth-order valence-electron chi connectivity index (χ4n) is 3.80. The topological polar surface area (TPSA) is 73.8 Å². The monoisotopic (exact) mass is 468 g/mol. The molecule has 0 saturated heterocycles. The molecule has 4 aromatic rings. The summed E-state index contributed by atoms with van der Waals surface area (Å²) in [5.41, 5.74) is 2.98. The zero-order valence-electron chi connectivity index (χ0n) is 17.0. The van der Waals surface area contributed by atoms with E-state index >= 15 is 0 Å². The summed E-state index contributed by atoms with van der Waals surface area (Å²) in [4.78, 5) is 12.0. The first kappa shape index (κ1) is 21.5. The Labute approximate surface area is 191 Å². The first-order chi connectivity index (χ1) is 15.8. The summed E-state index contributed by atoms with van der Waals surface area (Å²) in [6.07, 6.45) is -1.87. The van der Waals surface area contributed by atoms with E-state index in [0.717, 1.165) is 22.9 Å². The number of halogens is 4. The van der Waals surface area contributed by atoms with Crippen LogP contribution in [-0.4, -0.2) is 26.6 Å². The van der Waals surface area contributed by atoms with Gasteiger partial charge in [-0.05, 0) is 30.3 Å². The minimum absolute atomic E-state index is 0.174. The third-order valence-electron chi connectivity index (χ3n) is 5.44. The largest absolute Gasteiger partial charge is 0.417 e. The number of pyridine rings is 2. The van der Waals surface area contributed by atoms with Crippen molar-refractivity contribution in [1.29, 1.82) is 0 Å². The van der Waals surface area contributed by atoms with Gasteiger partial charge in [0.05, 0.1) is 28.6 Å². The van der Waals surface area contributed by atoms with Crippen molar-refractivity contribution in [2.24, 2.45) is 0 Å². The minimum Gasteiger partial charge on any atom is -0.387 e. The fraction of sp³-hybridized carbons (Fsp3) is 0.167. The zero-order valence-corrected chi connectivity index (χ0v) is 17.7. The van der Waals surface area contributed by atoms with Crippen molar-refractivity contribution in [3.63, 3.8) is 0 Å². The van der Waals surface area contributed by atoms with E-state index in [2.05, 4.69) is 32.1 Å². The number of β-amino-alcohol motifs (C(OH)–C–C–N with tert-alkyl or cyclic N) is 1. The lowest BCUT2D eigenvalue weighted by molar-refractivity contribution is -0.137. The van der Waals surface area contributed by atoms with Gasteiger partial charge in [0.1, 0.15) is 5.65 Å². The van der Waals surface area contributed by atoms with Crippen molar-refractivity contribution in [2.45, 2.75) is 18.8 Å². The van der Waals surface area contributed by atoms with Crippen LogP contribution in [0.3, 0.4) is 0 Å². The Hall–Kier alpha value is -3.38. The zero-order chi connectivity index (χ0) is 23.2. The summed E-state index contributed by atoms with van der Waals surface area (Å²) in [6, 6.07) is 8.83. The Balaban J connectivity index is 1.55. The number of rotatable bonds is 1. The summed E-state index contributed by atoms with van der Waals surface area (Å²) < 4.78 is 40.0. The number of benzene rings is 1. The van der Waals surface area contributed by atoms with Gasteiger partial charge in [0.2, 0.25) is 0 Å². The number of nitrogens with one attached hydrogen (secondary N) is 2. The van der Waals surface area contributed by atoms with Gasteiger partial charge in [-0.25, -0.2) is 4.98 Å². The Kier molecular flexibility index (Phi) is 5.33. The second-order valence-corrected chi connectivity index (χ2v) is 8.08. The van der Waals surface area contributed by atoms with Crippen LogP contribution >= 0.6 is 11.6 Å². The maximum Gasteiger partial charge on any atom is 0.417 e. The van der Waals surface area contributed by atoms with Crippen LogP contribution in [0.4, 0.5) is 13.2 Å². The highest BCUT2D eigenvalue weighted by Crippen LogP contribution is 2.33. The van der Waals surface area contributed by atoms with Crippen molar-refractivity contribution in [2.75, 3.05) is 6.54 Å². The van der Waals surface area contributed by atoms with Crippen molar-refractivity contribution in [1.82, 2.24) is 20.3 Å². The molecule has 1 unspecified atom stereocenters. The maximum atomic E-state index is 13.3. The van der Waals surface area contributed by atoms with Crippen LogP contribution in [0.2, 0.25) is 5.02 Å². The van der Waals surface area contributed by atoms with E-state index in [-0.39, 0.29) is 10.6 Å². The van der Waals surface area contributed by atoms with Gasteiger partial charge in [-0.3, -0.25) is 4.98 Å². The molecule has 166 valence electrons. The highest BCUT2D eigenvalue weighted by Gasteiger charge is 2.33. The molecular weight excluding hydrogens is 453 g/mol. The number of aromatic amines is 1. The Morgan fingerprint density at radius 2 is 1.91 bits per heavy atom. The van der Waals surface area contributed by atoms with Gasteiger partial charge >= 0.3 is 6.18 Å². The van der Waals surface area contributed by atoms with Gasteiger partial charge in [-0.2, -0.15) is 13.2 Å². The van der Waals surface area contributed by atoms with Gasteiger partial charge in [0.15, 0.2) is 0 Å². The molecule has 0 bridgehead atoms. The first-order valence-corrected chi connectivity index (χ1v) is 10.4. The first-order valence-electron chi connectivity index (χ1n) is 10.0. The van der Waals surface area contributed by atoms with Crippen molar-refractivity contribution in [3.8, 4) is 23.1 Å². The lowest BCUT2D eigenvalue weighted by Gasteiger charge is -2.21. The lowest BCUT2D eigenvalue weighted by atomic mass is 10.0. The minimum atomic E-state index is -4.54. The van der Waals surface area contributed by atoms with Gasteiger partial charge in [0.25, 0.3) is 0 Å². The molecule has 3 N–H and O–H groups in total. The van der Waals surface area contributed by atoms with Gasteiger partial charge in [-0.15, -0.1) is 0 Å². The molecule has 1 aliphatic rings. The molecule has 33 heavy (non-hydrogen) atoms. The quantitative estimate of drug-likeness (QED) is 0.350. The number of hydrogen-bond donors (Lipinski definition) is 3. The normalized spacial score (nSPS) is 15.7. The molecule has 3 aromatic heterocycles. The van der Waals surface area contributed by atoms with E-state index < -0.39 is 17.8 Å². The summed E-state index contributed by atoms with van der Waals surface area (Å²) >= 11 is 5.89. The Bertz CT molecular complexity index is 1440. The fourth-order valence-corrected chi connectivity index (χ4v) is 3.98. The number of aliphatic hydroxyl groups excluding tert-OH is 1. The van der Waals surface area contributed by atoms with Crippen LogP contribution < -0.4 is 5.32 Å². The van der Waals surface area contributed by atoms with Gasteiger partial charge < -0.3 is 15.4 Å². The van der Waals surface area contributed by atoms with Crippen molar-refractivity contribution >= 4 is 22.6 Å². The molecule has 5 nitrogen and oxygen atoms in total. The van der Waals surface area contributed by atoms with Crippen molar-refractivity contribution < 1.29 is 18.3 Å². The van der Waals surface area contributed by atoms with Crippen LogP contribution in [0.25, 0.3) is 22.3 Å². The van der Waals surface area contributed by atoms with E-state index in [1.165, 1.54) is 12.1 Å². The van der Waals surface area contributed by atoms with Crippen LogP contribution in [0.15, 0.2) is 48.8 Å². The number of hydrogen-bond acceptors (Lipinski definition) is 4. The molecule has 1 aliphatic heterocycles. The smallest absolute Gasteiger partial charge is 0.387 e. The molecule has 0 spiro atoms. The second kappa shape index (κ2) is 8.19. The van der Waals surface area contributed by atoms with Crippen LogP contribution in [0.5, 0.6) is 0 Å². The average Bonchev–Trinajstić information content (AvgIpc) is 3.19. The van der Waals surface area contributed by atoms with Crippen LogP contribution in [0.1, 0.15) is 34.1 Å². The molecule has 0 radical (unpaired) electrons. The number of H-pyrrole nitrogens is 1. The molecule has 0 saturated carbocycles. The molecule has 0 amide bonds. The predicted octanol–water partition coefficient (Wildman–Crippen LogP) is 4.83. The number of aromatic nitrogens is 3. The summed E-state index contributed by atoms with van der Waals surface area (Å²) in [6.45, 7) is 1.04.